The van der Waals surface area contributed by atoms with Gasteiger partial charge >= 0.3 is 0 Å². The fraction of sp³-hybridized carbons (Fsp3) is 0.517. The smallest absolute Gasteiger partial charge is 0.156 e. The normalized spacial score (nSPS) is 36.6. The molecule has 0 saturated heterocycles. The van der Waals surface area contributed by atoms with Crippen LogP contribution in [-0.4, -0.2) is 29.5 Å². The Kier molecular flexibility index (Phi) is 5.56. The number of rotatable bonds is 2. The van der Waals surface area contributed by atoms with Crippen LogP contribution >= 0.6 is 0 Å². The number of aliphatic hydroxyl groups excluding tert-OH is 1. The van der Waals surface area contributed by atoms with E-state index in [-0.39, 0.29) is 35.9 Å². The van der Waals surface area contributed by atoms with Gasteiger partial charge in [0, 0.05) is 18.0 Å². The van der Waals surface area contributed by atoms with Gasteiger partial charge in [0.1, 0.15) is 18.6 Å². The number of alkyl halides is 1. The highest BCUT2D eigenvalue weighted by Gasteiger charge is 2.65. The Labute approximate surface area is 200 Å². The van der Waals surface area contributed by atoms with Crippen molar-refractivity contribution in [2.45, 2.75) is 64.5 Å². The lowest BCUT2D eigenvalue weighted by atomic mass is 9.48. The molecule has 178 valence electrons. The molecule has 5 rings (SSSR count). The average molecular weight is 462 g/mol. The minimum absolute atomic E-state index is 0.000809. The number of aliphatic hydroxyl groups is 1. The van der Waals surface area contributed by atoms with Gasteiger partial charge in [-0.2, -0.15) is 0 Å². The maximum atomic E-state index is 15.6. The molecule has 3 N–H and O–H groups in total. The van der Waals surface area contributed by atoms with Gasteiger partial charge < -0.3 is 10.8 Å². The van der Waals surface area contributed by atoms with Gasteiger partial charge in [0.05, 0.1) is 5.41 Å². The van der Waals surface area contributed by atoms with E-state index >= 15 is 4.39 Å². The van der Waals surface area contributed by atoms with Gasteiger partial charge in [-0.3, -0.25) is 9.59 Å². The molecular formula is C29H32FNO3. The number of ketones is 2. The molecule has 2 saturated carbocycles. The summed E-state index contributed by atoms with van der Waals surface area (Å²) in [5, 5.41) is 9.44. The number of carbonyl (C=O) groups excluding carboxylic acids is 2. The van der Waals surface area contributed by atoms with Crippen LogP contribution in [0, 0.1) is 34.5 Å². The van der Waals surface area contributed by atoms with Crippen molar-refractivity contribution in [1.29, 1.82) is 0 Å². The minimum atomic E-state index is -1.17. The van der Waals surface area contributed by atoms with Crippen LogP contribution in [0.15, 0.2) is 47.1 Å². The molecule has 1 unspecified atom stereocenters. The molecule has 0 spiro atoms. The maximum Gasteiger partial charge on any atom is 0.156 e. The van der Waals surface area contributed by atoms with Crippen molar-refractivity contribution in [3.05, 3.63) is 52.6 Å². The van der Waals surface area contributed by atoms with Gasteiger partial charge in [0.15, 0.2) is 5.78 Å². The Morgan fingerprint density at radius 3 is 2.68 bits per heavy atom. The Hall–Kier alpha value is -2.71. The molecular weight excluding hydrogens is 429 g/mol. The molecule has 5 heteroatoms. The van der Waals surface area contributed by atoms with E-state index in [4.69, 9.17) is 5.73 Å². The molecule has 4 aliphatic carbocycles. The van der Waals surface area contributed by atoms with Gasteiger partial charge in [-0.1, -0.05) is 36.5 Å². The Balaban J connectivity index is 1.73. The van der Waals surface area contributed by atoms with Gasteiger partial charge in [-0.05, 0) is 91.2 Å². The van der Waals surface area contributed by atoms with Crippen LogP contribution < -0.4 is 5.73 Å². The van der Waals surface area contributed by atoms with Crippen LogP contribution in [0.2, 0.25) is 0 Å². The minimum Gasteiger partial charge on any atom is -0.399 e. The predicted molar refractivity (Wildman–Crippen MR) is 129 cm³/mol. The van der Waals surface area contributed by atoms with E-state index in [1.165, 1.54) is 11.6 Å². The van der Waals surface area contributed by atoms with E-state index in [0.717, 1.165) is 24.0 Å². The molecule has 0 radical (unpaired) electrons. The number of anilines is 1. The summed E-state index contributed by atoms with van der Waals surface area (Å²) in [7, 11) is 0. The van der Waals surface area contributed by atoms with Crippen LogP contribution in [0.5, 0.6) is 0 Å². The SMILES string of the molecule is CC(=O)[C@@]1(C#CCO)CC[C@H]2[C@@H]3CC(F)C4=CC(=O)CCC4=C3[C@@H](c3ccc(N)cc3)C[C@@]21C. The standard InChI is InChI=1S/C29H32FNO3/c1-17(33)29(11-3-13-32)12-10-25-23-15-26(30)22-14-20(34)8-9-21(22)27(23)24(16-28(25,29)2)18-4-6-19(31)7-5-18/h4-7,14,23-26,32H,8-10,12-13,15-16,31H2,1-2H3/t23-,24+,25-,26?,28-,29+/m0/s1. The van der Waals surface area contributed by atoms with E-state index < -0.39 is 17.0 Å². The molecule has 4 aliphatic rings. The summed E-state index contributed by atoms with van der Waals surface area (Å²) in [6.45, 7) is 3.48. The quantitative estimate of drug-likeness (QED) is 0.495. The van der Waals surface area contributed by atoms with E-state index in [1.807, 2.05) is 24.3 Å². The molecule has 0 amide bonds. The van der Waals surface area contributed by atoms with Gasteiger partial charge in [0.25, 0.3) is 0 Å². The third kappa shape index (κ3) is 3.22. The average Bonchev–Trinajstić information content (AvgIpc) is 3.11. The number of fused-ring (bicyclic) bond motifs is 4. The molecule has 0 heterocycles. The van der Waals surface area contributed by atoms with Crippen molar-refractivity contribution in [2.75, 3.05) is 12.3 Å². The lowest BCUT2D eigenvalue weighted by molar-refractivity contribution is -0.130. The van der Waals surface area contributed by atoms with Crippen LogP contribution in [0.4, 0.5) is 10.1 Å². The number of hydrogen-bond donors (Lipinski definition) is 2. The van der Waals surface area contributed by atoms with E-state index in [9.17, 15) is 14.7 Å². The number of Topliss-reactive ketones (excluding diaryl/α,β-unsaturated/α-hetero) is 1. The lowest BCUT2D eigenvalue weighted by Crippen LogP contribution is -2.51. The highest BCUT2D eigenvalue weighted by atomic mass is 19.1. The summed E-state index contributed by atoms with van der Waals surface area (Å²) in [6, 6.07) is 7.86. The zero-order valence-corrected chi connectivity index (χ0v) is 19.9. The van der Waals surface area contributed by atoms with Crippen LogP contribution in [0.3, 0.4) is 0 Å². The monoisotopic (exact) mass is 461 g/mol. The highest BCUT2D eigenvalue weighted by Crippen LogP contribution is 2.69. The molecule has 1 aromatic carbocycles. The summed E-state index contributed by atoms with van der Waals surface area (Å²) >= 11 is 0. The second kappa shape index (κ2) is 8.20. The third-order valence-electron chi connectivity index (χ3n) is 9.27. The van der Waals surface area contributed by atoms with Gasteiger partial charge in [-0.25, -0.2) is 4.39 Å². The Morgan fingerprint density at radius 1 is 1.26 bits per heavy atom. The number of allylic oxidation sites excluding steroid dienone is 4. The fourth-order valence-corrected chi connectivity index (χ4v) is 7.75. The summed E-state index contributed by atoms with van der Waals surface area (Å²) in [4.78, 5) is 25.3. The second-order valence-corrected chi connectivity index (χ2v) is 10.7. The Morgan fingerprint density at radius 2 is 2.00 bits per heavy atom. The third-order valence-corrected chi connectivity index (χ3v) is 9.27. The second-order valence-electron chi connectivity index (χ2n) is 10.7. The van der Waals surface area contributed by atoms with Crippen molar-refractivity contribution in [1.82, 2.24) is 0 Å². The number of nitrogens with two attached hydrogens (primary N) is 1. The zero-order chi connectivity index (χ0) is 24.3. The van der Waals surface area contributed by atoms with Crippen molar-refractivity contribution in [3.8, 4) is 11.8 Å². The molecule has 1 aromatic rings. The molecule has 34 heavy (non-hydrogen) atoms. The fourth-order valence-electron chi connectivity index (χ4n) is 7.75. The molecule has 2 fully saturated rings. The number of hydrogen-bond acceptors (Lipinski definition) is 4. The van der Waals surface area contributed by atoms with Crippen molar-refractivity contribution >= 4 is 17.3 Å². The topological polar surface area (TPSA) is 80.4 Å². The van der Waals surface area contributed by atoms with Crippen molar-refractivity contribution < 1.29 is 19.1 Å². The lowest BCUT2D eigenvalue weighted by Gasteiger charge is -2.55. The van der Waals surface area contributed by atoms with Crippen LogP contribution in [0.1, 0.15) is 63.9 Å². The van der Waals surface area contributed by atoms with E-state index in [0.29, 0.717) is 36.9 Å². The summed E-state index contributed by atoms with van der Waals surface area (Å²) in [5.41, 5.74) is 9.32. The zero-order valence-electron chi connectivity index (χ0n) is 19.9. The molecule has 0 bridgehead atoms. The first-order valence-corrected chi connectivity index (χ1v) is 12.3. The van der Waals surface area contributed by atoms with Crippen LogP contribution in [0.25, 0.3) is 0 Å². The summed E-state index contributed by atoms with van der Waals surface area (Å²) in [5.74, 6) is 6.14. The first-order chi connectivity index (χ1) is 16.2. The molecule has 0 aromatic heterocycles. The summed E-state index contributed by atoms with van der Waals surface area (Å²) < 4.78 is 15.6. The number of halogens is 1. The van der Waals surface area contributed by atoms with Gasteiger partial charge in [-0.15, -0.1) is 0 Å². The first-order valence-electron chi connectivity index (χ1n) is 12.3. The van der Waals surface area contributed by atoms with E-state index in [2.05, 4.69) is 18.8 Å². The largest absolute Gasteiger partial charge is 0.399 e. The van der Waals surface area contributed by atoms with Gasteiger partial charge in [0.2, 0.25) is 0 Å². The maximum absolute atomic E-state index is 15.6. The molecule has 0 aliphatic heterocycles. The van der Waals surface area contributed by atoms with Crippen molar-refractivity contribution in [2.24, 2.45) is 22.7 Å². The highest BCUT2D eigenvalue weighted by molar-refractivity contribution is 5.93. The molecule has 6 atom stereocenters. The number of carbonyl (C=O) groups is 2. The first kappa shape index (κ1) is 23.1. The number of nitrogen functional groups attached to an aromatic ring is 1. The van der Waals surface area contributed by atoms with Crippen LogP contribution in [-0.2, 0) is 9.59 Å². The number of benzene rings is 1. The summed E-state index contributed by atoms with van der Waals surface area (Å²) in [6.07, 6.45) is 3.84. The van der Waals surface area contributed by atoms with E-state index in [1.54, 1.807) is 6.92 Å². The predicted octanol–water partition coefficient (Wildman–Crippen LogP) is 4.69. The van der Waals surface area contributed by atoms with Crippen molar-refractivity contribution in [3.63, 3.8) is 0 Å². The molecule has 4 nitrogen and oxygen atoms in total. The Bertz CT molecular complexity index is 1170.